The standard InChI is InChI=1S/C13H15FN2O2.C2H6/c14-10-7-9(13(17)15-18)6-8-3-5-16-4-1-2-11(16)12(8)10;1-2/h6-7,11,18H,1-5H2,(H,15,17);1-2H3. The fourth-order valence-electron chi connectivity index (χ4n) is 3.14. The first-order chi connectivity index (χ1) is 9.70. The van der Waals surface area contributed by atoms with Gasteiger partial charge in [0.25, 0.3) is 5.91 Å². The third kappa shape index (κ3) is 2.55. The summed E-state index contributed by atoms with van der Waals surface area (Å²) in [6.45, 7) is 5.95. The van der Waals surface area contributed by atoms with E-state index in [1.807, 2.05) is 13.8 Å². The van der Waals surface area contributed by atoms with Crippen molar-refractivity contribution in [3.63, 3.8) is 0 Å². The molecule has 0 saturated carbocycles. The van der Waals surface area contributed by atoms with Crippen LogP contribution in [0.25, 0.3) is 0 Å². The van der Waals surface area contributed by atoms with E-state index >= 15 is 0 Å². The van der Waals surface area contributed by atoms with Crippen molar-refractivity contribution in [3.8, 4) is 0 Å². The molecule has 110 valence electrons. The largest absolute Gasteiger partial charge is 0.296 e. The molecule has 2 N–H and O–H groups in total. The molecule has 0 aromatic heterocycles. The van der Waals surface area contributed by atoms with Crippen LogP contribution in [0, 0.1) is 5.82 Å². The van der Waals surface area contributed by atoms with Crippen LogP contribution in [0.15, 0.2) is 12.1 Å². The Morgan fingerprint density at radius 3 is 2.85 bits per heavy atom. The Labute approximate surface area is 118 Å². The summed E-state index contributed by atoms with van der Waals surface area (Å²) in [4.78, 5) is 13.6. The molecule has 1 unspecified atom stereocenters. The van der Waals surface area contributed by atoms with Crippen LogP contribution in [0.2, 0.25) is 0 Å². The van der Waals surface area contributed by atoms with Crippen LogP contribution in [0.1, 0.15) is 54.2 Å². The Hall–Kier alpha value is -1.46. The fourth-order valence-corrected chi connectivity index (χ4v) is 3.14. The third-order valence-electron chi connectivity index (χ3n) is 3.94. The van der Waals surface area contributed by atoms with Gasteiger partial charge in [-0.2, -0.15) is 0 Å². The highest BCUT2D eigenvalue weighted by molar-refractivity contribution is 5.93. The van der Waals surface area contributed by atoms with Crippen LogP contribution in [-0.2, 0) is 6.42 Å². The Morgan fingerprint density at radius 2 is 2.15 bits per heavy atom. The van der Waals surface area contributed by atoms with Gasteiger partial charge in [0.2, 0.25) is 0 Å². The van der Waals surface area contributed by atoms with Gasteiger partial charge in [0.1, 0.15) is 5.82 Å². The number of amides is 1. The molecule has 4 nitrogen and oxygen atoms in total. The molecule has 3 rings (SSSR count). The van der Waals surface area contributed by atoms with Gasteiger partial charge in [-0.25, -0.2) is 9.87 Å². The van der Waals surface area contributed by atoms with Gasteiger partial charge in [0.15, 0.2) is 0 Å². The van der Waals surface area contributed by atoms with Crippen molar-refractivity contribution in [2.75, 3.05) is 13.1 Å². The van der Waals surface area contributed by atoms with E-state index in [1.54, 1.807) is 11.5 Å². The van der Waals surface area contributed by atoms with Crippen molar-refractivity contribution in [3.05, 3.63) is 34.6 Å². The highest BCUT2D eigenvalue weighted by Gasteiger charge is 2.33. The summed E-state index contributed by atoms with van der Waals surface area (Å²) in [7, 11) is 0. The zero-order chi connectivity index (χ0) is 14.7. The summed E-state index contributed by atoms with van der Waals surface area (Å²) in [6.07, 6.45) is 2.84. The molecule has 2 aliphatic heterocycles. The van der Waals surface area contributed by atoms with E-state index in [1.165, 1.54) is 6.07 Å². The van der Waals surface area contributed by atoms with E-state index in [0.29, 0.717) is 0 Å². The Bertz CT molecular complexity index is 505. The summed E-state index contributed by atoms with van der Waals surface area (Å²) in [5.41, 5.74) is 3.37. The molecule has 5 heteroatoms. The molecule has 1 saturated heterocycles. The maximum absolute atomic E-state index is 14.2. The smallest absolute Gasteiger partial charge is 0.274 e. The van der Waals surface area contributed by atoms with Crippen molar-refractivity contribution in [1.82, 2.24) is 10.4 Å². The van der Waals surface area contributed by atoms with Crippen molar-refractivity contribution in [2.24, 2.45) is 0 Å². The summed E-state index contributed by atoms with van der Waals surface area (Å²) in [5.74, 6) is -0.992. The second-order valence-corrected chi connectivity index (χ2v) is 4.92. The predicted octanol–water partition coefficient (Wildman–Crippen LogP) is 2.66. The molecule has 1 aromatic rings. The topological polar surface area (TPSA) is 52.6 Å². The average Bonchev–Trinajstić information content (AvgIpc) is 2.96. The van der Waals surface area contributed by atoms with Crippen molar-refractivity contribution in [2.45, 2.75) is 39.2 Å². The SMILES string of the molecule is CC.O=C(NO)c1cc(F)c2c(c1)CCN1CCCC21. The average molecular weight is 280 g/mol. The number of rotatable bonds is 1. The Balaban J connectivity index is 0.000000704. The first-order valence-electron chi connectivity index (χ1n) is 7.21. The third-order valence-corrected chi connectivity index (χ3v) is 3.94. The molecule has 1 atom stereocenters. The Kier molecular flexibility index (Phi) is 4.73. The quantitative estimate of drug-likeness (QED) is 0.614. The molecule has 0 radical (unpaired) electrons. The summed E-state index contributed by atoms with van der Waals surface area (Å²) < 4.78 is 14.2. The zero-order valence-corrected chi connectivity index (χ0v) is 11.9. The minimum Gasteiger partial charge on any atom is -0.296 e. The molecular formula is C15H21FN2O2. The van der Waals surface area contributed by atoms with Gasteiger partial charge in [-0.3, -0.25) is 14.9 Å². The Morgan fingerprint density at radius 1 is 1.40 bits per heavy atom. The van der Waals surface area contributed by atoms with E-state index in [2.05, 4.69) is 4.90 Å². The molecule has 0 spiro atoms. The number of nitrogens with one attached hydrogen (secondary N) is 1. The minimum atomic E-state index is -0.662. The number of hydrogen-bond donors (Lipinski definition) is 2. The molecule has 1 aromatic carbocycles. The number of benzene rings is 1. The molecule has 1 fully saturated rings. The number of nitrogens with zero attached hydrogens (tertiary/aromatic N) is 1. The highest BCUT2D eigenvalue weighted by Crippen LogP contribution is 2.39. The van der Waals surface area contributed by atoms with Crippen LogP contribution in [-0.4, -0.2) is 29.1 Å². The summed E-state index contributed by atoms with van der Waals surface area (Å²) >= 11 is 0. The molecule has 20 heavy (non-hydrogen) atoms. The molecule has 2 heterocycles. The number of halogens is 1. The van der Waals surface area contributed by atoms with Crippen LogP contribution in [0.4, 0.5) is 4.39 Å². The molecular weight excluding hydrogens is 259 g/mol. The molecule has 0 aliphatic carbocycles. The number of hydroxylamine groups is 1. The summed E-state index contributed by atoms with van der Waals surface area (Å²) in [5, 5.41) is 8.60. The minimum absolute atomic E-state index is 0.167. The monoisotopic (exact) mass is 280 g/mol. The normalized spacial score (nSPS) is 20.5. The van der Waals surface area contributed by atoms with Crippen LogP contribution < -0.4 is 5.48 Å². The number of carbonyl (C=O) groups is 1. The van der Waals surface area contributed by atoms with Crippen molar-refractivity contribution in [1.29, 1.82) is 0 Å². The molecule has 2 aliphatic rings. The lowest BCUT2D eigenvalue weighted by Crippen LogP contribution is -2.32. The first kappa shape index (κ1) is 14.9. The van der Waals surface area contributed by atoms with Gasteiger partial charge in [-0.05, 0) is 43.5 Å². The van der Waals surface area contributed by atoms with Gasteiger partial charge in [0, 0.05) is 23.7 Å². The van der Waals surface area contributed by atoms with Crippen LogP contribution in [0.5, 0.6) is 0 Å². The van der Waals surface area contributed by atoms with Gasteiger partial charge in [-0.15, -0.1) is 0 Å². The number of fused-ring (bicyclic) bond motifs is 3. The van der Waals surface area contributed by atoms with Crippen LogP contribution in [0.3, 0.4) is 0 Å². The van der Waals surface area contributed by atoms with Gasteiger partial charge < -0.3 is 0 Å². The maximum Gasteiger partial charge on any atom is 0.274 e. The highest BCUT2D eigenvalue weighted by atomic mass is 19.1. The second kappa shape index (κ2) is 6.33. The number of carbonyl (C=O) groups excluding carboxylic acids is 1. The lowest BCUT2D eigenvalue weighted by Gasteiger charge is -2.32. The number of hydrogen-bond acceptors (Lipinski definition) is 3. The lowest BCUT2D eigenvalue weighted by molar-refractivity contribution is 0.0705. The van der Waals surface area contributed by atoms with E-state index in [9.17, 15) is 9.18 Å². The molecule has 0 bridgehead atoms. The van der Waals surface area contributed by atoms with Crippen LogP contribution >= 0.6 is 0 Å². The van der Waals surface area contributed by atoms with E-state index in [4.69, 9.17) is 5.21 Å². The van der Waals surface area contributed by atoms with Gasteiger partial charge in [-0.1, -0.05) is 13.8 Å². The maximum atomic E-state index is 14.2. The summed E-state index contributed by atoms with van der Waals surface area (Å²) in [6, 6.07) is 3.08. The van der Waals surface area contributed by atoms with Gasteiger partial charge >= 0.3 is 0 Å². The van der Waals surface area contributed by atoms with E-state index in [0.717, 1.165) is 43.5 Å². The molecule has 1 amide bonds. The predicted molar refractivity (Wildman–Crippen MR) is 74.3 cm³/mol. The van der Waals surface area contributed by atoms with Crippen molar-refractivity contribution < 1.29 is 14.4 Å². The lowest BCUT2D eigenvalue weighted by atomic mass is 9.90. The van der Waals surface area contributed by atoms with E-state index < -0.39 is 5.91 Å². The first-order valence-corrected chi connectivity index (χ1v) is 7.21. The van der Waals surface area contributed by atoms with E-state index in [-0.39, 0.29) is 17.4 Å². The zero-order valence-electron chi connectivity index (χ0n) is 11.9. The van der Waals surface area contributed by atoms with Crippen molar-refractivity contribution >= 4 is 5.91 Å². The second-order valence-electron chi connectivity index (χ2n) is 4.92. The fraction of sp³-hybridized carbons (Fsp3) is 0.533. The van der Waals surface area contributed by atoms with Gasteiger partial charge in [0.05, 0.1) is 0 Å².